The largest absolute Gasteiger partial charge is 0.477 e. The summed E-state index contributed by atoms with van der Waals surface area (Å²) in [6.45, 7) is 6.87. The fraction of sp³-hybridized carbons (Fsp3) is 0.522. The monoisotopic (exact) mass is 431 g/mol. The van der Waals surface area contributed by atoms with E-state index < -0.39 is 6.10 Å². The third-order valence-corrected chi connectivity index (χ3v) is 4.52. The lowest BCUT2D eigenvalue weighted by atomic mass is 10.0. The second-order valence-electron chi connectivity index (χ2n) is 7.20. The molecule has 2 rings (SSSR count). The van der Waals surface area contributed by atoms with Crippen molar-refractivity contribution in [2.24, 2.45) is 0 Å². The number of methoxy groups -OCH3 is 1. The quantitative estimate of drug-likeness (QED) is 0.462. The first-order valence-corrected chi connectivity index (χ1v) is 10.7. The molecule has 1 aromatic carbocycles. The lowest BCUT2D eigenvalue weighted by Crippen LogP contribution is -2.15. The molecule has 0 saturated carbocycles. The molecule has 31 heavy (non-hydrogen) atoms. The van der Waals surface area contributed by atoms with Crippen LogP contribution in [-0.4, -0.2) is 41.3 Å². The number of aliphatic hydroxyl groups excluding tert-OH is 1. The Morgan fingerprint density at radius 1 is 1.10 bits per heavy atom. The molecule has 2 aromatic rings. The van der Waals surface area contributed by atoms with Crippen LogP contribution in [0.3, 0.4) is 0 Å². The zero-order chi connectivity index (χ0) is 22.6. The number of unbranched alkanes of at least 4 members (excludes halogenated alkanes) is 2. The van der Waals surface area contributed by atoms with Gasteiger partial charge in [0.25, 0.3) is 0 Å². The SMILES string of the molecule is CCCCOc1cc(OCCCC)nc(C(O)c2cccc(COC)c2NC(C)=O)n1. The van der Waals surface area contributed by atoms with Gasteiger partial charge < -0.3 is 24.6 Å². The summed E-state index contributed by atoms with van der Waals surface area (Å²) in [4.78, 5) is 20.6. The van der Waals surface area contributed by atoms with Gasteiger partial charge >= 0.3 is 0 Å². The maximum absolute atomic E-state index is 11.8. The van der Waals surface area contributed by atoms with Crippen LogP contribution in [0.2, 0.25) is 0 Å². The first kappa shape index (κ1) is 24.6. The van der Waals surface area contributed by atoms with E-state index in [-0.39, 0.29) is 18.3 Å². The van der Waals surface area contributed by atoms with Gasteiger partial charge in [0.1, 0.15) is 6.10 Å². The lowest BCUT2D eigenvalue weighted by molar-refractivity contribution is -0.114. The van der Waals surface area contributed by atoms with Gasteiger partial charge in [-0.2, -0.15) is 9.97 Å². The molecule has 0 saturated heterocycles. The van der Waals surface area contributed by atoms with Crippen molar-refractivity contribution in [2.45, 2.75) is 59.2 Å². The topological polar surface area (TPSA) is 103 Å². The van der Waals surface area contributed by atoms with E-state index in [1.54, 1.807) is 25.3 Å². The molecule has 2 N–H and O–H groups in total. The van der Waals surface area contributed by atoms with Crippen LogP contribution in [-0.2, 0) is 16.1 Å². The minimum absolute atomic E-state index is 0.140. The van der Waals surface area contributed by atoms with Crippen molar-refractivity contribution in [3.8, 4) is 11.8 Å². The number of carbonyl (C=O) groups excluding carboxylic acids is 1. The number of para-hydroxylation sites is 1. The van der Waals surface area contributed by atoms with Crippen molar-refractivity contribution in [2.75, 3.05) is 25.6 Å². The maximum Gasteiger partial charge on any atom is 0.221 e. The van der Waals surface area contributed by atoms with Crippen LogP contribution in [0.15, 0.2) is 24.3 Å². The van der Waals surface area contributed by atoms with E-state index in [0.29, 0.717) is 36.2 Å². The molecule has 170 valence electrons. The molecule has 1 unspecified atom stereocenters. The average molecular weight is 432 g/mol. The molecular formula is C23H33N3O5. The van der Waals surface area contributed by atoms with Gasteiger partial charge in [-0.25, -0.2) is 0 Å². The Hall–Kier alpha value is -2.71. The van der Waals surface area contributed by atoms with E-state index in [2.05, 4.69) is 29.1 Å². The second-order valence-corrected chi connectivity index (χ2v) is 7.20. The van der Waals surface area contributed by atoms with E-state index in [1.807, 2.05) is 6.07 Å². The highest BCUT2D eigenvalue weighted by Crippen LogP contribution is 2.32. The van der Waals surface area contributed by atoms with Crippen LogP contribution in [0.5, 0.6) is 11.8 Å². The van der Waals surface area contributed by atoms with Crippen molar-refractivity contribution in [3.05, 3.63) is 41.2 Å². The van der Waals surface area contributed by atoms with Gasteiger partial charge in [0, 0.05) is 25.2 Å². The molecule has 1 aromatic heterocycles. The molecular weight excluding hydrogens is 398 g/mol. The minimum atomic E-state index is -1.19. The lowest BCUT2D eigenvalue weighted by Gasteiger charge is -2.19. The summed E-state index contributed by atoms with van der Waals surface area (Å²) in [5.41, 5.74) is 1.69. The Labute approximate surface area is 184 Å². The number of nitrogens with one attached hydrogen (secondary N) is 1. The van der Waals surface area contributed by atoms with Crippen molar-refractivity contribution in [1.29, 1.82) is 0 Å². The van der Waals surface area contributed by atoms with Crippen LogP contribution in [0.25, 0.3) is 0 Å². The Morgan fingerprint density at radius 3 is 2.23 bits per heavy atom. The number of benzene rings is 1. The van der Waals surface area contributed by atoms with Gasteiger partial charge in [-0.3, -0.25) is 4.79 Å². The van der Waals surface area contributed by atoms with Gasteiger partial charge in [-0.1, -0.05) is 44.9 Å². The first-order chi connectivity index (χ1) is 15.0. The van der Waals surface area contributed by atoms with Crippen LogP contribution < -0.4 is 14.8 Å². The van der Waals surface area contributed by atoms with E-state index in [1.165, 1.54) is 6.92 Å². The van der Waals surface area contributed by atoms with Crippen LogP contribution in [0, 0.1) is 0 Å². The zero-order valence-corrected chi connectivity index (χ0v) is 18.8. The Bertz CT molecular complexity index is 816. The molecule has 1 heterocycles. The summed E-state index contributed by atoms with van der Waals surface area (Å²) in [6.07, 6.45) is 2.57. The summed E-state index contributed by atoms with van der Waals surface area (Å²) >= 11 is 0. The zero-order valence-electron chi connectivity index (χ0n) is 18.8. The highest BCUT2D eigenvalue weighted by molar-refractivity contribution is 5.90. The number of carbonyl (C=O) groups is 1. The van der Waals surface area contributed by atoms with Gasteiger partial charge in [0.2, 0.25) is 17.7 Å². The Balaban J connectivity index is 2.42. The fourth-order valence-corrected chi connectivity index (χ4v) is 2.92. The van der Waals surface area contributed by atoms with Crippen molar-refractivity contribution in [3.63, 3.8) is 0 Å². The van der Waals surface area contributed by atoms with E-state index in [0.717, 1.165) is 31.2 Å². The van der Waals surface area contributed by atoms with Crippen LogP contribution in [0.1, 0.15) is 69.5 Å². The molecule has 0 aliphatic carbocycles. The van der Waals surface area contributed by atoms with Crippen molar-refractivity contribution < 1.29 is 24.1 Å². The normalized spacial score (nSPS) is 11.8. The Morgan fingerprint density at radius 2 is 1.71 bits per heavy atom. The second kappa shape index (κ2) is 12.9. The third-order valence-electron chi connectivity index (χ3n) is 4.52. The number of nitrogens with zero attached hydrogens (tertiary/aromatic N) is 2. The van der Waals surface area contributed by atoms with Crippen LogP contribution in [0.4, 0.5) is 5.69 Å². The number of anilines is 1. The predicted octanol–water partition coefficient (Wildman–Crippen LogP) is 4.02. The highest BCUT2D eigenvalue weighted by atomic mass is 16.5. The number of hydrogen-bond acceptors (Lipinski definition) is 7. The summed E-state index contributed by atoms with van der Waals surface area (Å²) in [5, 5.41) is 13.9. The minimum Gasteiger partial charge on any atom is -0.477 e. The van der Waals surface area contributed by atoms with Crippen LogP contribution >= 0.6 is 0 Å². The molecule has 1 atom stereocenters. The molecule has 8 nitrogen and oxygen atoms in total. The average Bonchev–Trinajstić information content (AvgIpc) is 2.74. The standard InChI is InChI=1S/C23H33N3O5/c1-5-7-12-30-19-14-20(31-13-8-6-2)26-23(25-19)22(28)18-11-9-10-17(15-29-4)21(18)24-16(3)27/h9-11,14,22,28H,5-8,12-13,15H2,1-4H3,(H,24,27). The molecule has 0 bridgehead atoms. The number of ether oxygens (including phenoxy) is 3. The highest BCUT2D eigenvalue weighted by Gasteiger charge is 2.22. The Kier molecular flexibility index (Phi) is 10.2. The molecule has 0 spiro atoms. The first-order valence-electron chi connectivity index (χ1n) is 10.7. The van der Waals surface area contributed by atoms with Gasteiger partial charge in [0.15, 0.2) is 5.82 Å². The molecule has 8 heteroatoms. The van der Waals surface area contributed by atoms with E-state index in [4.69, 9.17) is 14.2 Å². The summed E-state index contributed by atoms with van der Waals surface area (Å²) in [7, 11) is 1.57. The number of hydrogen-bond donors (Lipinski definition) is 2. The molecule has 0 aliphatic heterocycles. The van der Waals surface area contributed by atoms with E-state index >= 15 is 0 Å². The summed E-state index contributed by atoms with van der Waals surface area (Å²) < 4.78 is 16.7. The van der Waals surface area contributed by atoms with Gasteiger partial charge in [-0.05, 0) is 12.8 Å². The molecule has 0 fully saturated rings. The number of aromatic nitrogens is 2. The van der Waals surface area contributed by atoms with Crippen molar-refractivity contribution in [1.82, 2.24) is 9.97 Å². The van der Waals surface area contributed by atoms with E-state index in [9.17, 15) is 9.90 Å². The maximum atomic E-state index is 11.8. The number of amides is 1. The van der Waals surface area contributed by atoms with Gasteiger partial charge in [-0.15, -0.1) is 0 Å². The number of aliphatic hydroxyl groups is 1. The smallest absolute Gasteiger partial charge is 0.221 e. The summed E-state index contributed by atoms with van der Waals surface area (Å²) in [6, 6.07) is 6.98. The number of rotatable bonds is 13. The fourth-order valence-electron chi connectivity index (χ4n) is 2.92. The molecule has 1 amide bonds. The van der Waals surface area contributed by atoms with Crippen molar-refractivity contribution >= 4 is 11.6 Å². The molecule has 0 aliphatic rings. The third kappa shape index (κ3) is 7.48. The molecule has 0 radical (unpaired) electrons. The summed E-state index contributed by atoms with van der Waals surface area (Å²) in [5.74, 6) is 0.580. The van der Waals surface area contributed by atoms with Gasteiger partial charge in [0.05, 0.1) is 31.6 Å². The predicted molar refractivity (Wildman–Crippen MR) is 118 cm³/mol.